The van der Waals surface area contributed by atoms with Crippen LogP contribution in [0.5, 0.6) is 5.75 Å². The van der Waals surface area contributed by atoms with Crippen molar-refractivity contribution in [2.45, 2.75) is 19.2 Å². The second-order valence-corrected chi connectivity index (χ2v) is 4.98. The first-order chi connectivity index (χ1) is 11.3. The first-order valence-electron chi connectivity index (χ1n) is 6.42. The molecule has 1 nitrogen and oxygen atoms in total. The SMILES string of the molecule is Cc1cc(F)c(C(F)(F)Oc2cc(F)c(C(F)(F)F)c(F)c2)c(F)c1. The molecule has 0 radical (unpaired) electrons. The van der Waals surface area contributed by atoms with Gasteiger partial charge in [-0.3, -0.25) is 0 Å². The fraction of sp³-hybridized carbons (Fsp3) is 0.200. The van der Waals surface area contributed by atoms with Crippen LogP contribution in [0.15, 0.2) is 24.3 Å². The van der Waals surface area contributed by atoms with Crippen molar-refractivity contribution in [1.82, 2.24) is 0 Å². The fourth-order valence-corrected chi connectivity index (χ4v) is 2.06. The second kappa shape index (κ2) is 6.16. The van der Waals surface area contributed by atoms with Gasteiger partial charge < -0.3 is 4.74 Å². The highest BCUT2D eigenvalue weighted by molar-refractivity contribution is 5.34. The molecule has 0 atom stereocenters. The molecule has 10 heteroatoms. The Labute approximate surface area is 134 Å². The van der Waals surface area contributed by atoms with E-state index in [0.29, 0.717) is 12.1 Å². The molecular weight excluding hydrogens is 367 g/mol. The lowest BCUT2D eigenvalue weighted by Gasteiger charge is -2.20. The molecule has 0 saturated carbocycles. The van der Waals surface area contributed by atoms with E-state index in [1.54, 1.807) is 0 Å². The van der Waals surface area contributed by atoms with Crippen LogP contribution in [0.3, 0.4) is 0 Å². The van der Waals surface area contributed by atoms with E-state index in [2.05, 4.69) is 4.74 Å². The van der Waals surface area contributed by atoms with Gasteiger partial charge in [-0.15, -0.1) is 0 Å². The van der Waals surface area contributed by atoms with Crippen LogP contribution >= 0.6 is 0 Å². The monoisotopic (exact) mass is 374 g/mol. The molecule has 0 aromatic heterocycles. The molecule has 2 aromatic rings. The summed E-state index contributed by atoms with van der Waals surface area (Å²) in [6.07, 6.45) is -10.1. The van der Waals surface area contributed by atoms with Gasteiger partial charge in [-0.1, -0.05) is 0 Å². The first kappa shape index (κ1) is 18.9. The summed E-state index contributed by atoms with van der Waals surface area (Å²) in [6.45, 7) is 1.22. The highest BCUT2D eigenvalue weighted by atomic mass is 19.4. The van der Waals surface area contributed by atoms with Gasteiger partial charge in [-0.25, -0.2) is 17.6 Å². The van der Waals surface area contributed by atoms with Crippen molar-refractivity contribution >= 4 is 0 Å². The number of halogens is 9. The zero-order valence-electron chi connectivity index (χ0n) is 12.1. The number of ether oxygens (including phenoxy) is 1. The van der Waals surface area contributed by atoms with Gasteiger partial charge in [-0.2, -0.15) is 22.0 Å². The fourth-order valence-electron chi connectivity index (χ4n) is 2.06. The van der Waals surface area contributed by atoms with Crippen LogP contribution in [0.25, 0.3) is 0 Å². The predicted octanol–water partition coefficient (Wildman–Crippen LogP) is 5.70. The molecule has 0 spiro atoms. The molecule has 0 aliphatic heterocycles. The van der Waals surface area contributed by atoms with Crippen molar-refractivity contribution in [2.24, 2.45) is 0 Å². The van der Waals surface area contributed by atoms with Gasteiger partial charge in [0.25, 0.3) is 0 Å². The van der Waals surface area contributed by atoms with Crippen LogP contribution in [0.2, 0.25) is 0 Å². The molecule has 25 heavy (non-hydrogen) atoms. The molecule has 0 heterocycles. The lowest BCUT2D eigenvalue weighted by Crippen LogP contribution is -2.25. The van der Waals surface area contributed by atoms with E-state index in [1.807, 2.05) is 0 Å². The molecular formula is C15H7F9O. The third-order valence-electron chi connectivity index (χ3n) is 3.02. The van der Waals surface area contributed by atoms with Crippen molar-refractivity contribution < 1.29 is 44.3 Å². The summed E-state index contributed by atoms with van der Waals surface area (Å²) in [5, 5.41) is 0. The van der Waals surface area contributed by atoms with E-state index in [-0.39, 0.29) is 17.7 Å². The third kappa shape index (κ3) is 3.83. The highest BCUT2D eigenvalue weighted by Gasteiger charge is 2.42. The van der Waals surface area contributed by atoms with Gasteiger partial charge in [0.05, 0.1) is 0 Å². The summed E-state index contributed by atoms with van der Waals surface area (Å²) in [6, 6.07) is 0.792. The summed E-state index contributed by atoms with van der Waals surface area (Å²) in [7, 11) is 0. The molecule has 0 aliphatic rings. The van der Waals surface area contributed by atoms with Crippen molar-refractivity contribution in [3.05, 3.63) is 64.2 Å². The minimum atomic E-state index is -5.41. The number of hydrogen-bond acceptors (Lipinski definition) is 1. The molecule has 0 aliphatic carbocycles. The normalized spacial score (nSPS) is 12.4. The van der Waals surface area contributed by atoms with Gasteiger partial charge in [0.2, 0.25) is 0 Å². The maximum atomic E-state index is 13.9. The van der Waals surface area contributed by atoms with Crippen LogP contribution in [0.1, 0.15) is 16.7 Å². The summed E-state index contributed by atoms with van der Waals surface area (Å²) in [5.41, 5.74) is -4.18. The molecule has 0 fully saturated rings. The largest absolute Gasteiger partial charge is 0.432 e. The maximum absolute atomic E-state index is 13.9. The lowest BCUT2D eigenvalue weighted by molar-refractivity contribution is -0.189. The topological polar surface area (TPSA) is 9.23 Å². The molecule has 0 saturated heterocycles. The Balaban J connectivity index is 2.46. The van der Waals surface area contributed by atoms with Gasteiger partial charge in [-0.05, 0) is 24.6 Å². The average Bonchev–Trinajstić information content (AvgIpc) is 2.32. The predicted molar refractivity (Wildman–Crippen MR) is 67.0 cm³/mol. The van der Waals surface area contributed by atoms with Crippen molar-refractivity contribution in [1.29, 1.82) is 0 Å². The Morgan fingerprint density at radius 2 is 1.08 bits per heavy atom. The third-order valence-corrected chi connectivity index (χ3v) is 3.02. The summed E-state index contributed by atoms with van der Waals surface area (Å²) in [4.78, 5) is 0. The van der Waals surface area contributed by atoms with Gasteiger partial charge in [0.15, 0.2) is 0 Å². The number of hydrogen-bond donors (Lipinski definition) is 0. The first-order valence-corrected chi connectivity index (χ1v) is 6.42. The molecule has 136 valence electrons. The Kier molecular flexibility index (Phi) is 4.67. The number of alkyl halides is 5. The van der Waals surface area contributed by atoms with Crippen molar-refractivity contribution in [3.8, 4) is 5.75 Å². The average molecular weight is 374 g/mol. The Hall–Kier alpha value is -2.39. The smallest absolute Gasteiger partial charge is 0.429 e. The van der Waals surface area contributed by atoms with Crippen LogP contribution < -0.4 is 4.74 Å². The Morgan fingerprint density at radius 3 is 1.48 bits per heavy atom. The van der Waals surface area contributed by atoms with E-state index in [0.717, 1.165) is 0 Å². The zero-order chi connectivity index (χ0) is 19.2. The van der Waals surface area contributed by atoms with Gasteiger partial charge in [0.1, 0.15) is 40.1 Å². The van der Waals surface area contributed by atoms with E-state index in [4.69, 9.17) is 0 Å². The van der Waals surface area contributed by atoms with E-state index < -0.39 is 52.4 Å². The lowest BCUT2D eigenvalue weighted by atomic mass is 10.1. The Bertz CT molecular complexity index is 765. The Morgan fingerprint density at radius 1 is 0.680 bits per heavy atom. The van der Waals surface area contributed by atoms with Gasteiger partial charge in [0, 0.05) is 12.1 Å². The standard InChI is InChI=1S/C15H7F9O/c1-6-2-8(16)13(9(17)3-6)15(23,24)25-7-4-10(18)12(11(19)5-7)14(20,21)22/h2-5H,1H3. The minimum absolute atomic E-state index is 0.0267. The van der Waals surface area contributed by atoms with E-state index in [9.17, 15) is 39.5 Å². The molecule has 0 bridgehead atoms. The van der Waals surface area contributed by atoms with Gasteiger partial charge >= 0.3 is 12.3 Å². The van der Waals surface area contributed by atoms with Crippen molar-refractivity contribution in [3.63, 3.8) is 0 Å². The van der Waals surface area contributed by atoms with Crippen molar-refractivity contribution in [2.75, 3.05) is 0 Å². The number of benzene rings is 2. The van der Waals surface area contributed by atoms with Crippen LogP contribution in [-0.2, 0) is 12.3 Å². The molecule has 0 N–H and O–H groups in total. The zero-order valence-corrected chi connectivity index (χ0v) is 12.1. The maximum Gasteiger partial charge on any atom is 0.432 e. The number of aryl methyl sites for hydroxylation is 1. The summed E-state index contributed by atoms with van der Waals surface area (Å²) in [5.74, 6) is -9.22. The quantitative estimate of drug-likeness (QED) is 0.627. The number of rotatable bonds is 3. The van der Waals surface area contributed by atoms with E-state index >= 15 is 0 Å². The van der Waals surface area contributed by atoms with Crippen LogP contribution in [0, 0.1) is 30.2 Å². The van der Waals surface area contributed by atoms with Crippen LogP contribution in [0.4, 0.5) is 39.5 Å². The van der Waals surface area contributed by atoms with Crippen LogP contribution in [-0.4, -0.2) is 0 Å². The second-order valence-electron chi connectivity index (χ2n) is 4.98. The highest BCUT2D eigenvalue weighted by Crippen LogP contribution is 2.39. The molecule has 2 rings (SSSR count). The molecule has 2 aromatic carbocycles. The molecule has 0 amide bonds. The summed E-state index contributed by atoms with van der Waals surface area (Å²) >= 11 is 0. The summed E-state index contributed by atoms with van der Waals surface area (Å²) < 4.78 is 123. The molecule has 0 unspecified atom stereocenters. The minimum Gasteiger partial charge on any atom is -0.429 e. The van der Waals surface area contributed by atoms with E-state index in [1.165, 1.54) is 6.92 Å².